The van der Waals surface area contributed by atoms with Gasteiger partial charge in [0.15, 0.2) is 0 Å². The molecule has 2 fully saturated rings. The highest BCUT2D eigenvalue weighted by molar-refractivity contribution is 5.84. The van der Waals surface area contributed by atoms with Crippen molar-refractivity contribution in [2.75, 3.05) is 20.3 Å². The molecule has 5 nitrogen and oxygen atoms in total. The van der Waals surface area contributed by atoms with E-state index in [1.807, 2.05) is 0 Å². The Kier molecular flexibility index (Phi) is 4.80. The van der Waals surface area contributed by atoms with E-state index in [-0.39, 0.29) is 11.8 Å². The first kappa shape index (κ1) is 14.3. The molecule has 3 unspecified atom stereocenters. The van der Waals surface area contributed by atoms with Crippen molar-refractivity contribution in [1.29, 1.82) is 0 Å². The van der Waals surface area contributed by atoms with Crippen LogP contribution in [0, 0.1) is 11.8 Å². The highest BCUT2D eigenvalue weighted by Gasteiger charge is 2.49. The van der Waals surface area contributed by atoms with Crippen LogP contribution in [0.4, 0.5) is 0 Å². The van der Waals surface area contributed by atoms with Gasteiger partial charge < -0.3 is 14.7 Å². The molecular formula is C14H23NO4. The van der Waals surface area contributed by atoms with Crippen LogP contribution in [0.5, 0.6) is 0 Å². The molecule has 1 saturated heterocycles. The van der Waals surface area contributed by atoms with E-state index in [9.17, 15) is 14.7 Å². The number of ether oxygens (including phenoxy) is 1. The Hall–Kier alpha value is -1.10. The molecule has 0 bridgehead atoms. The molecule has 1 N–H and O–H groups in total. The number of rotatable bonds is 6. The first-order chi connectivity index (χ1) is 9.15. The zero-order valence-electron chi connectivity index (χ0n) is 11.5. The predicted octanol–water partition coefficient (Wildman–Crippen LogP) is 1.51. The Morgan fingerprint density at radius 3 is 2.79 bits per heavy atom. The number of carboxylic acid groups (broad SMARTS) is 1. The molecule has 1 amide bonds. The van der Waals surface area contributed by atoms with E-state index in [0.29, 0.717) is 25.5 Å². The number of hydrogen-bond acceptors (Lipinski definition) is 3. The lowest BCUT2D eigenvalue weighted by Crippen LogP contribution is -2.43. The molecule has 0 radical (unpaired) electrons. The SMILES string of the molecule is COCCCCC(=O)N1CC2CCCC2C1C(=O)O. The van der Waals surface area contributed by atoms with Gasteiger partial charge in [-0.1, -0.05) is 6.42 Å². The summed E-state index contributed by atoms with van der Waals surface area (Å²) < 4.78 is 4.95. The molecule has 2 aliphatic rings. The molecule has 108 valence electrons. The summed E-state index contributed by atoms with van der Waals surface area (Å²) >= 11 is 0. The smallest absolute Gasteiger partial charge is 0.326 e. The summed E-state index contributed by atoms with van der Waals surface area (Å²) in [4.78, 5) is 25.2. The average Bonchev–Trinajstić information content (AvgIpc) is 2.93. The number of methoxy groups -OCH3 is 1. The maximum atomic E-state index is 12.2. The van der Waals surface area contributed by atoms with Crippen molar-refractivity contribution in [3.8, 4) is 0 Å². The minimum Gasteiger partial charge on any atom is -0.480 e. The summed E-state index contributed by atoms with van der Waals surface area (Å²) in [6.07, 6.45) is 5.18. The second-order valence-electron chi connectivity index (χ2n) is 5.63. The van der Waals surface area contributed by atoms with Crippen molar-refractivity contribution in [1.82, 2.24) is 4.90 Å². The standard InChI is InChI=1S/C14H23NO4/c1-19-8-3-2-7-12(16)15-9-10-5-4-6-11(10)13(15)14(17)18/h10-11,13H,2-9H2,1H3,(H,17,18). The van der Waals surface area contributed by atoms with Gasteiger partial charge in [0.2, 0.25) is 5.91 Å². The Morgan fingerprint density at radius 1 is 1.32 bits per heavy atom. The van der Waals surface area contributed by atoms with Crippen LogP contribution in [0.15, 0.2) is 0 Å². The van der Waals surface area contributed by atoms with E-state index < -0.39 is 12.0 Å². The zero-order chi connectivity index (χ0) is 13.8. The van der Waals surface area contributed by atoms with Gasteiger partial charge in [-0.05, 0) is 37.5 Å². The number of likely N-dealkylation sites (tertiary alicyclic amines) is 1. The molecule has 2 rings (SSSR count). The fraction of sp³-hybridized carbons (Fsp3) is 0.857. The first-order valence-electron chi connectivity index (χ1n) is 7.16. The number of unbranched alkanes of at least 4 members (excludes halogenated alkanes) is 1. The predicted molar refractivity (Wildman–Crippen MR) is 69.7 cm³/mol. The molecule has 0 aromatic carbocycles. The lowest BCUT2D eigenvalue weighted by atomic mass is 9.94. The van der Waals surface area contributed by atoms with Gasteiger partial charge in [0.1, 0.15) is 6.04 Å². The molecule has 5 heteroatoms. The largest absolute Gasteiger partial charge is 0.480 e. The highest BCUT2D eigenvalue weighted by atomic mass is 16.5. The number of aliphatic carboxylic acids is 1. The van der Waals surface area contributed by atoms with Crippen molar-refractivity contribution < 1.29 is 19.4 Å². The summed E-state index contributed by atoms with van der Waals surface area (Å²) in [5.74, 6) is -0.248. The van der Waals surface area contributed by atoms with E-state index in [1.54, 1.807) is 12.0 Å². The summed E-state index contributed by atoms with van der Waals surface area (Å²) in [5, 5.41) is 9.38. The van der Waals surface area contributed by atoms with Gasteiger partial charge in [-0.25, -0.2) is 4.79 Å². The van der Waals surface area contributed by atoms with Gasteiger partial charge in [-0.2, -0.15) is 0 Å². The molecule has 1 aliphatic heterocycles. The molecule has 19 heavy (non-hydrogen) atoms. The third kappa shape index (κ3) is 3.08. The van der Waals surface area contributed by atoms with Gasteiger partial charge in [0.25, 0.3) is 0 Å². The topological polar surface area (TPSA) is 66.8 Å². The molecule has 1 heterocycles. The van der Waals surface area contributed by atoms with Crippen LogP contribution in [0.25, 0.3) is 0 Å². The van der Waals surface area contributed by atoms with E-state index in [4.69, 9.17) is 4.74 Å². The van der Waals surface area contributed by atoms with Crippen LogP contribution in [-0.4, -0.2) is 48.2 Å². The summed E-state index contributed by atoms with van der Waals surface area (Å²) in [6, 6.07) is -0.581. The molecule has 0 aromatic rings. The number of nitrogens with zero attached hydrogens (tertiary/aromatic N) is 1. The van der Waals surface area contributed by atoms with Crippen LogP contribution >= 0.6 is 0 Å². The molecular weight excluding hydrogens is 246 g/mol. The lowest BCUT2D eigenvalue weighted by Gasteiger charge is -2.24. The van der Waals surface area contributed by atoms with Crippen LogP contribution in [0.3, 0.4) is 0 Å². The van der Waals surface area contributed by atoms with Crippen LogP contribution < -0.4 is 0 Å². The van der Waals surface area contributed by atoms with E-state index in [0.717, 1.165) is 32.1 Å². The zero-order valence-corrected chi connectivity index (χ0v) is 11.5. The first-order valence-corrected chi connectivity index (χ1v) is 7.16. The van der Waals surface area contributed by atoms with Gasteiger partial charge in [-0.3, -0.25) is 4.79 Å². The number of carbonyl (C=O) groups is 2. The van der Waals surface area contributed by atoms with Crippen LogP contribution in [-0.2, 0) is 14.3 Å². The van der Waals surface area contributed by atoms with Crippen molar-refractivity contribution in [2.45, 2.75) is 44.6 Å². The second-order valence-corrected chi connectivity index (χ2v) is 5.63. The van der Waals surface area contributed by atoms with Gasteiger partial charge in [0.05, 0.1) is 0 Å². The van der Waals surface area contributed by atoms with Crippen molar-refractivity contribution >= 4 is 11.9 Å². The maximum absolute atomic E-state index is 12.2. The average molecular weight is 269 g/mol. The Morgan fingerprint density at radius 2 is 2.11 bits per heavy atom. The monoisotopic (exact) mass is 269 g/mol. The summed E-state index contributed by atoms with van der Waals surface area (Å²) in [5.41, 5.74) is 0. The maximum Gasteiger partial charge on any atom is 0.326 e. The molecule has 1 saturated carbocycles. The number of carboxylic acids is 1. The van der Waals surface area contributed by atoms with Crippen molar-refractivity contribution in [2.24, 2.45) is 11.8 Å². The number of amides is 1. The second kappa shape index (κ2) is 6.37. The quantitative estimate of drug-likeness (QED) is 0.742. The van der Waals surface area contributed by atoms with E-state index in [1.165, 1.54) is 0 Å². The van der Waals surface area contributed by atoms with E-state index in [2.05, 4.69) is 0 Å². The van der Waals surface area contributed by atoms with Gasteiger partial charge >= 0.3 is 5.97 Å². The number of carbonyl (C=O) groups excluding carboxylic acids is 1. The minimum absolute atomic E-state index is 0.00194. The number of hydrogen-bond donors (Lipinski definition) is 1. The van der Waals surface area contributed by atoms with Gasteiger partial charge in [0, 0.05) is 26.7 Å². The number of fused-ring (bicyclic) bond motifs is 1. The molecule has 1 aliphatic carbocycles. The summed E-state index contributed by atoms with van der Waals surface area (Å²) in [7, 11) is 1.64. The van der Waals surface area contributed by atoms with Crippen molar-refractivity contribution in [3.63, 3.8) is 0 Å². The molecule has 3 atom stereocenters. The fourth-order valence-electron chi connectivity index (χ4n) is 3.54. The van der Waals surface area contributed by atoms with Crippen LogP contribution in [0.1, 0.15) is 38.5 Å². The third-order valence-electron chi connectivity index (χ3n) is 4.45. The molecule has 0 spiro atoms. The summed E-state index contributed by atoms with van der Waals surface area (Å²) in [6.45, 7) is 1.30. The minimum atomic E-state index is -0.834. The van der Waals surface area contributed by atoms with Crippen molar-refractivity contribution in [3.05, 3.63) is 0 Å². The Labute approximate surface area is 113 Å². The van der Waals surface area contributed by atoms with Gasteiger partial charge in [-0.15, -0.1) is 0 Å². The Bertz CT molecular complexity index is 344. The molecule has 0 aromatic heterocycles. The lowest BCUT2D eigenvalue weighted by molar-refractivity contribution is -0.149. The Balaban J connectivity index is 1.91. The van der Waals surface area contributed by atoms with E-state index >= 15 is 0 Å². The fourth-order valence-corrected chi connectivity index (χ4v) is 3.54. The van der Waals surface area contributed by atoms with Crippen LogP contribution in [0.2, 0.25) is 0 Å². The third-order valence-corrected chi connectivity index (χ3v) is 4.45. The highest BCUT2D eigenvalue weighted by Crippen LogP contribution is 2.42. The normalized spacial score (nSPS) is 29.5.